The number of aryl methyl sites for hydroxylation is 1. The Morgan fingerprint density at radius 1 is 1.05 bits per heavy atom. The van der Waals surface area contributed by atoms with Gasteiger partial charge in [0, 0.05) is 79.4 Å². The Labute approximate surface area is 255 Å². The fourth-order valence-electron chi connectivity index (χ4n) is 5.43. The number of amides is 1. The van der Waals surface area contributed by atoms with Crippen LogP contribution >= 0.6 is 11.6 Å². The van der Waals surface area contributed by atoms with Crippen LogP contribution < -0.4 is 10.2 Å². The number of hydrogen-bond donors (Lipinski definition) is 1. The van der Waals surface area contributed by atoms with Crippen LogP contribution in [0.1, 0.15) is 24.8 Å². The molecule has 6 rings (SSSR count). The van der Waals surface area contributed by atoms with Gasteiger partial charge in [0.25, 0.3) is 0 Å². The molecule has 3 aromatic carbocycles. The SMILES string of the molecule is CC(=O)N1CCN(c2cccc(Nc3ncc4cccc(-c5ccn(CCC(C#N)c6cccc(Cl)c6)n5)c4n3)c2)CC1. The summed E-state index contributed by atoms with van der Waals surface area (Å²) in [6.07, 6.45) is 4.37. The van der Waals surface area contributed by atoms with Gasteiger partial charge in [-0.3, -0.25) is 9.48 Å². The van der Waals surface area contributed by atoms with Gasteiger partial charge in [0.1, 0.15) is 0 Å². The fraction of sp³-hybridized carbons (Fsp3) is 0.242. The van der Waals surface area contributed by atoms with Crippen molar-refractivity contribution in [2.24, 2.45) is 0 Å². The molecule has 0 aliphatic carbocycles. The average molecular weight is 591 g/mol. The van der Waals surface area contributed by atoms with Gasteiger partial charge in [0.05, 0.1) is 23.2 Å². The number of anilines is 3. The fourth-order valence-corrected chi connectivity index (χ4v) is 5.63. The minimum absolute atomic E-state index is 0.121. The quantitative estimate of drug-likeness (QED) is 0.228. The predicted molar refractivity (Wildman–Crippen MR) is 169 cm³/mol. The first kappa shape index (κ1) is 28.2. The van der Waals surface area contributed by atoms with Gasteiger partial charge in [-0.2, -0.15) is 10.4 Å². The first-order valence-electron chi connectivity index (χ1n) is 14.3. The third-order valence-corrected chi connectivity index (χ3v) is 8.01. The second-order valence-corrected chi connectivity index (χ2v) is 11.0. The first-order valence-corrected chi connectivity index (χ1v) is 14.7. The molecule has 1 saturated heterocycles. The molecule has 1 amide bonds. The lowest BCUT2D eigenvalue weighted by Crippen LogP contribution is -2.48. The minimum Gasteiger partial charge on any atom is -0.368 e. The van der Waals surface area contributed by atoms with Gasteiger partial charge in [-0.1, -0.05) is 48.0 Å². The second-order valence-electron chi connectivity index (χ2n) is 10.6. The average Bonchev–Trinajstić information content (AvgIpc) is 3.50. The number of carbonyl (C=O) groups excluding carboxylic acids is 1. The number of aromatic nitrogens is 4. The van der Waals surface area contributed by atoms with Gasteiger partial charge in [-0.15, -0.1) is 0 Å². The van der Waals surface area contributed by atoms with E-state index in [0.717, 1.165) is 65.3 Å². The smallest absolute Gasteiger partial charge is 0.227 e. The monoisotopic (exact) mass is 590 g/mol. The summed E-state index contributed by atoms with van der Waals surface area (Å²) in [7, 11) is 0. The molecule has 0 saturated carbocycles. The molecule has 1 aliphatic heterocycles. The van der Waals surface area contributed by atoms with Gasteiger partial charge in [0.15, 0.2) is 0 Å². The van der Waals surface area contributed by atoms with Crippen molar-refractivity contribution in [3.8, 4) is 17.3 Å². The number of rotatable bonds is 8. The number of hydrogen-bond acceptors (Lipinski definition) is 7. The largest absolute Gasteiger partial charge is 0.368 e. The van der Waals surface area contributed by atoms with Crippen LogP contribution in [0.5, 0.6) is 0 Å². The summed E-state index contributed by atoms with van der Waals surface area (Å²) in [6, 6.07) is 26.0. The number of nitriles is 1. The molecular formula is C33H31ClN8O. The van der Waals surface area contributed by atoms with Crippen molar-refractivity contribution in [1.82, 2.24) is 24.6 Å². The summed E-state index contributed by atoms with van der Waals surface area (Å²) in [6.45, 7) is 5.25. The van der Waals surface area contributed by atoms with Gasteiger partial charge in [0.2, 0.25) is 11.9 Å². The highest BCUT2D eigenvalue weighted by atomic mass is 35.5. The molecule has 3 heterocycles. The Morgan fingerprint density at radius 3 is 2.65 bits per heavy atom. The number of halogens is 1. The predicted octanol–water partition coefficient (Wildman–Crippen LogP) is 6.26. The zero-order chi connectivity index (χ0) is 29.8. The number of nitrogens with one attached hydrogen (secondary N) is 1. The second kappa shape index (κ2) is 12.5. The van der Waals surface area contributed by atoms with Crippen molar-refractivity contribution in [3.63, 3.8) is 0 Å². The number of benzene rings is 3. The molecular weight excluding hydrogens is 560 g/mol. The summed E-state index contributed by atoms with van der Waals surface area (Å²) in [5.41, 5.74) is 5.40. The van der Waals surface area contributed by atoms with E-state index in [9.17, 15) is 10.1 Å². The molecule has 9 nitrogen and oxygen atoms in total. The van der Waals surface area contributed by atoms with Crippen LogP contribution in [0.25, 0.3) is 22.2 Å². The molecule has 10 heteroatoms. The highest BCUT2D eigenvalue weighted by molar-refractivity contribution is 6.30. The maximum absolute atomic E-state index is 11.7. The van der Waals surface area contributed by atoms with Crippen LogP contribution in [0.2, 0.25) is 5.02 Å². The van der Waals surface area contributed by atoms with Crippen LogP contribution in [0.3, 0.4) is 0 Å². The lowest BCUT2D eigenvalue weighted by atomic mass is 9.97. The number of nitrogens with zero attached hydrogens (tertiary/aromatic N) is 7. The highest BCUT2D eigenvalue weighted by Crippen LogP contribution is 2.29. The molecule has 1 atom stereocenters. The van der Waals surface area contributed by atoms with E-state index >= 15 is 0 Å². The van der Waals surface area contributed by atoms with Crippen molar-refractivity contribution < 1.29 is 4.79 Å². The standard InChI is InChI=1S/C33H31ClN8O/c1-23(43)40-15-17-41(18-16-40)29-9-4-8-28(20-29)37-33-36-22-26-6-3-10-30(32(26)38-33)31-12-14-42(39-31)13-11-25(21-35)24-5-2-7-27(34)19-24/h2-10,12,14,19-20,22,25H,11,13,15-18H2,1H3,(H,36,37,38). The van der Waals surface area contributed by atoms with Gasteiger partial charge in [-0.05, 0) is 48.4 Å². The van der Waals surface area contributed by atoms with Crippen LogP contribution in [-0.2, 0) is 11.3 Å². The van der Waals surface area contributed by atoms with E-state index in [1.165, 1.54) is 0 Å². The van der Waals surface area contributed by atoms with Gasteiger partial charge in [-0.25, -0.2) is 9.97 Å². The summed E-state index contributed by atoms with van der Waals surface area (Å²) in [5, 5.41) is 19.5. The maximum atomic E-state index is 11.7. The zero-order valence-electron chi connectivity index (χ0n) is 23.8. The topological polar surface area (TPSA) is 103 Å². The molecule has 0 radical (unpaired) electrons. The molecule has 43 heavy (non-hydrogen) atoms. The summed E-state index contributed by atoms with van der Waals surface area (Å²) in [4.78, 5) is 25.3. The van der Waals surface area contributed by atoms with Crippen molar-refractivity contribution in [2.45, 2.75) is 25.8 Å². The van der Waals surface area contributed by atoms with E-state index < -0.39 is 0 Å². The Morgan fingerprint density at radius 2 is 1.86 bits per heavy atom. The lowest BCUT2D eigenvalue weighted by molar-refractivity contribution is -0.129. The Kier molecular flexibility index (Phi) is 8.20. The summed E-state index contributed by atoms with van der Waals surface area (Å²) < 4.78 is 1.87. The van der Waals surface area contributed by atoms with Crippen molar-refractivity contribution >= 4 is 45.7 Å². The number of fused-ring (bicyclic) bond motifs is 1. The normalized spacial score (nSPS) is 14.0. The van der Waals surface area contributed by atoms with Crippen LogP contribution in [-0.4, -0.2) is 56.7 Å². The van der Waals surface area contributed by atoms with E-state index in [2.05, 4.69) is 33.4 Å². The van der Waals surface area contributed by atoms with Crippen molar-refractivity contribution in [1.29, 1.82) is 5.26 Å². The van der Waals surface area contributed by atoms with E-state index in [-0.39, 0.29) is 11.8 Å². The van der Waals surface area contributed by atoms with Gasteiger partial charge < -0.3 is 15.1 Å². The Hall–Kier alpha value is -4.94. The van der Waals surface area contributed by atoms with Crippen LogP contribution in [0, 0.1) is 11.3 Å². The van der Waals surface area contributed by atoms with Crippen LogP contribution in [0.15, 0.2) is 85.2 Å². The third-order valence-electron chi connectivity index (χ3n) is 7.77. The molecule has 2 aromatic heterocycles. The molecule has 0 spiro atoms. The Bertz CT molecular complexity index is 1800. The number of para-hydroxylation sites is 1. The van der Waals surface area contributed by atoms with Crippen molar-refractivity contribution in [3.05, 3.63) is 95.8 Å². The molecule has 0 bridgehead atoms. The van der Waals surface area contributed by atoms with Crippen molar-refractivity contribution in [2.75, 3.05) is 36.4 Å². The maximum Gasteiger partial charge on any atom is 0.227 e. The molecule has 1 unspecified atom stereocenters. The van der Waals surface area contributed by atoms with E-state index in [4.69, 9.17) is 21.7 Å². The molecule has 1 N–H and O–H groups in total. The van der Waals surface area contributed by atoms with Gasteiger partial charge >= 0.3 is 0 Å². The molecule has 1 fully saturated rings. The first-order chi connectivity index (χ1) is 21.0. The molecule has 1 aliphatic rings. The minimum atomic E-state index is -0.270. The lowest BCUT2D eigenvalue weighted by Gasteiger charge is -2.35. The summed E-state index contributed by atoms with van der Waals surface area (Å²) in [5.74, 6) is 0.348. The summed E-state index contributed by atoms with van der Waals surface area (Å²) >= 11 is 6.14. The molecule has 216 valence electrons. The Balaban J connectivity index is 1.18. The molecule has 5 aromatic rings. The van der Waals surface area contributed by atoms with E-state index in [0.29, 0.717) is 23.9 Å². The zero-order valence-corrected chi connectivity index (χ0v) is 24.6. The van der Waals surface area contributed by atoms with E-state index in [1.54, 1.807) is 6.92 Å². The number of carbonyl (C=O) groups is 1. The highest BCUT2D eigenvalue weighted by Gasteiger charge is 2.19. The third kappa shape index (κ3) is 6.45. The van der Waals surface area contributed by atoms with E-state index in [1.807, 2.05) is 82.6 Å². The number of piperazine rings is 1. The van der Waals surface area contributed by atoms with Crippen LogP contribution in [0.4, 0.5) is 17.3 Å².